The first kappa shape index (κ1) is 10.6. The lowest BCUT2D eigenvalue weighted by molar-refractivity contribution is -0.142. The van der Waals surface area contributed by atoms with Crippen molar-refractivity contribution in [1.82, 2.24) is 15.5 Å². The van der Waals surface area contributed by atoms with Crippen molar-refractivity contribution in [2.24, 2.45) is 0 Å². The molecule has 0 spiro atoms. The van der Waals surface area contributed by atoms with E-state index in [2.05, 4.69) is 20.0 Å². The Bertz CT molecular complexity index is 261. The van der Waals surface area contributed by atoms with E-state index in [0.29, 0.717) is 31.9 Å². The van der Waals surface area contributed by atoms with Crippen LogP contribution in [0.3, 0.4) is 0 Å². The Balaban J connectivity index is 2.02. The van der Waals surface area contributed by atoms with Crippen LogP contribution >= 0.6 is 0 Å². The minimum absolute atomic E-state index is 0.201. The van der Waals surface area contributed by atoms with E-state index in [0.717, 1.165) is 0 Å². The lowest BCUT2D eigenvalue weighted by Gasteiger charge is -2.01. The van der Waals surface area contributed by atoms with E-state index in [9.17, 15) is 4.79 Å². The first-order chi connectivity index (χ1) is 6.83. The number of carbonyl (C=O) groups excluding carboxylic acids is 1. The molecular weight excluding hydrogens is 186 g/mol. The molecule has 0 fully saturated rings. The smallest absolute Gasteiger partial charge is 0.307 e. The van der Waals surface area contributed by atoms with Crippen molar-refractivity contribution in [3.05, 3.63) is 12.2 Å². The zero-order chi connectivity index (χ0) is 10.2. The largest absolute Gasteiger partial charge is 0.466 e. The SMILES string of the molecule is CCOC(=O)CCNCc1ncon1. The first-order valence-corrected chi connectivity index (χ1v) is 4.44. The topological polar surface area (TPSA) is 77.2 Å². The standard InChI is InChI=1S/C8H13N3O3/c1-2-13-8(12)3-4-9-5-7-10-6-14-11-7/h6,9H,2-5H2,1H3. The highest BCUT2D eigenvalue weighted by atomic mass is 16.5. The molecule has 1 aromatic rings. The lowest BCUT2D eigenvalue weighted by atomic mass is 10.4. The predicted octanol–water partition coefficient (Wildman–Crippen LogP) is 0.112. The molecule has 1 rings (SSSR count). The number of ether oxygens (including phenoxy) is 1. The fraction of sp³-hybridized carbons (Fsp3) is 0.625. The quantitative estimate of drug-likeness (QED) is 0.517. The Morgan fingerprint density at radius 1 is 1.71 bits per heavy atom. The number of nitrogens with zero attached hydrogens (tertiary/aromatic N) is 2. The van der Waals surface area contributed by atoms with Crippen LogP contribution in [-0.2, 0) is 16.1 Å². The predicted molar refractivity (Wildman–Crippen MR) is 47.3 cm³/mol. The summed E-state index contributed by atoms with van der Waals surface area (Å²) < 4.78 is 9.29. The molecule has 14 heavy (non-hydrogen) atoms. The van der Waals surface area contributed by atoms with Crippen molar-refractivity contribution in [2.75, 3.05) is 13.2 Å². The summed E-state index contributed by atoms with van der Waals surface area (Å²) in [6.07, 6.45) is 1.62. The van der Waals surface area contributed by atoms with Gasteiger partial charge in [0.25, 0.3) is 0 Å². The summed E-state index contributed by atoms with van der Waals surface area (Å²) in [4.78, 5) is 14.7. The molecule has 0 aliphatic heterocycles. The molecule has 0 atom stereocenters. The molecule has 0 amide bonds. The fourth-order valence-corrected chi connectivity index (χ4v) is 0.894. The Morgan fingerprint density at radius 3 is 3.21 bits per heavy atom. The van der Waals surface area contributed by atoms with Gasteiger partial charge in [-0.3, -0.25) is 4.79 Å². The second kappa shape index (κ2) is 6.09. The van der Waals surface area contributed by atoms with Gasteiger partial charge >= 0.3 is 5.97 Å². The second-order valence-electron chi connectivity index (χ2n) is 2.58. The summed E-state index contributed by atoms with van der Waals surface area (Å²) >= 11 is 0. The molecule has 0 saturated carbocycles. The maximum absolute atomic E-state index is 10.9. The molecule has 6 heteroatoms. The summed E-state index contributed by atoms with van der Waals surface area (Å²) in [6.45, 7) is 3.25. The van der Waals surface area contributed by atoms with Gasteiger partial charge in [-0.25, -0.2) is 0 Å². The maximum atomic E-state index is 10.9. The average Bonchev–Trinajstić information content (AvgIpc) is 2.65. The van der Waals surface area contributed by atoms with Crippen molar-refractivity contribution in [2.45, 2.75) is 19.9 Å². The third-order valence-electron chi connectivity index (χ3n) is 1.50. The van der Waals surface area contributed by atoms with E-state index in [1.807, 2.05) is 0 Å². The van der Waals surface area contributed by atoms with E-state index < -0.39 is 0 Å². The van der Waals surface area contributed by atoms with Crippen LogP contribution in [0.4, 0.5) is 0 Å². The molecule has 0 aliphatic carbocycles. The third-order valence-corrected chi connectivity index (χ3v) is 1.50. The summed E-state index contributed by atoms with van der Waals surface area (Å²) in [7, 11) is 0. The summed E-state index contributed by atoms with van der Waals surface area (Å²) in [6, 6.07) is 0. The molecule has 6 nitrogen and oxygen atoms in total. The van der Waals surface area contributed by atoms with Crippen LogP contribution in [0.2, 0.25) is 0 Å². The molecule has 0 radical (unpaired) electrons. The molecule has 1 aromatic heterocycles. The van der Waals surface area contributed by atoms with Gasteiger partial charge in [-0.2, -0.15) is 4.98 Å². The van der Waals surface area contributed by atoms with Crippen molar-refractivity contribution in [3.63, 3.8) is 0 Å². The Morgan fingerprint density at radius 2 is 2.57 bits per heavy atom. The van der Waals surface area contributed by atoms with Gasteiger partial charge in [0.15, 0.2) is 5.82 Å². The van der Waals surface area contributed by atoms with E-state index in [1.165, 1.54) is 6.39 Å². The molecule has 1 heterocycles. The van der Waals surface area contributed by atoms with Crippen LogP contribution in [0.1, 0.15) is 19.2 Å². The summed E-state index contributed by atoms with van der Waals surface area (Å²) in [5.74, 6) is 0.377. The maximum Gasteiger partial charge on any atom is 0.307 e. The van der Waals surface area contributed by atoms with Gasteiger partial charge in [-0.05, 0) is 6.92 Å². The van der Waals surface area contributed by atoms with E-state index in [1.54, 1.807) is 6.92 Å². The molecular formula is C8H13N3O3. The van der Waals surface area contributed by atoms with Crippen LogP contribution in [-0.4, -0.2) is 29.3 Å². The Hall–Kier alpha value is -1.43. The van der Waals surface area contributed by atoms with Gasteiger partial charge in [0.1, 0.15) is 0 Å². The number of esters is 1. The van der Waals surface area contributed by atoms with E-state index >= 15 is 0 Å². The first-order valence-electron chi connectivity index (χ1n) is 4.44. The van der Waals surface area contributed by atoms with Gasteiger partial charge in [0.2, 0.25) is 6.39 Å². The number of hydrogen-bond acceptors (Lipinski definition) is 6. The molecule has 1 N–H and O–H groups in total. The summed E-state index contributed by atoms with van der Waals surface area (Å²) in [5, 5.41) is 6.60. The minimum Gasteiger partial charge on any atom is -0.466 e. The Labute approximate surface area is 81.6 Å². The zero-order valence-corrected chi connectivity index (χ0v) is 8.02. The number of rotatable bonds is 6. The normalized spacial score (nSPS) is 10.1. The van der Waals surface area contributed by atoms with Gasteiger partial charge in [0.05, 0.1) is 19.6 Å². The number of hydrogen-bond donors (Lipinski definition) is 1. The van der Waals surface area contributed by atoms with Crippen molar-refractivity contribution in [3.8, 4) is 0 Å². The average molecular weight is 199 g/mol. The van der Waals surface area contributed by atoms with Gasteiger partial charge < -0.3 is 14.6 Å². The molecule has 0 bridgehead atoms. The van der Waals surface area contributed by atoms with Crippen LogP contribution in [0.25, 0.3) is 0 Å². The van der Waals surface area contributed by atoms with Crippen molar-refractivity contribution in [1.29, 1.82) is 0 Å². The molecule has 0 saturated heterocycles. The number of nitrogens with one attached hydrogen (secondary N) is 1. The fourth-order valence-electron chi connectivity index (χ4n) is 0.894. The van der Waals surface area contributed by atoms with Crippen LogP contribution < -0.4 is 5.32 Å². The van der Waals surface area contributed by atoms with Crippen LogP contribution in [0.15, 0.2) is 10.9 Å². The van der Waals surface area contributed by atoms with E-state index in [4.69, 9.17) is 4.74 Å². The highest BCUT2D eigenvalue weighted by molar-refractivity contribution is 5.69. The second-order valence-corrected chi connectivity index (χ2v) is 2.58. The molecule has 0 unspecified atom stereocenters. The highest BCUT2D eigenvalue weighted by Crippen LogP contribution is 1.88. The Kier molecular flexibility index (Phi) is 4.63. The third kappa shape index (κ3) is 3.99. The zero-order valence-electron chi connectivity index (χ0n) is 8.02. The van der Waals surface area contributed by atoms with Crippen molar-refractivity contribution >= 4 is 5.97 Å². The molecule has 0 aliphatic rings. The number of carbonyl (C=O) groups is 1. The molecule has 0 aromatic carbocycles. The summed E-state index contributed by atoms with van der Waals surface area (Å²) in [5.41, 5.74) is 0. The van der Waals surface area contributed by atoms with E-state index in [-0.39, 0.29) is 5.97 Å². The lowest BCUT2D eigenvalue weighted by Crippen LogP contribution is -2.19. The molecule has 78 valence electrons. The van der Waals surface area contributed by atoms with Crippen LogP contribution in [0, 0.1) is 0 Å². The van der Waals surface area contributed by atoms with Gasteiger partial charge in [0, 0.05) is 6.54 Å². The van der Waals surface area contributed by atoms with Crippen LogP contribution in [0.5, 0.6) is 0 Å². The van der Waals surface area contributed by atoms with Gasteiger partial charge in [-0.1, -0.05) is 5.16 Å². The monoisotopic (exact) mass is 199 g/mol. The number of aromatic nitrogens is 2. The van der Waals surface area contributed by atoms with Crippen molar-refractivity contribution < 1.29 is 14.1 Å². The van der Waals surface area contributed by atoms with Gasteiger partial charge in [-0.15, -0.1) is 0 Å². The minimum atomic E-state index is -0.201. The highest BCUT2D eigenvalue weighted by Gasteiger charge is 2.01.